The SMILES string of the molecule is Cc1ccc(Br)c(NC(=O)c2ccc(Br)o2)c1. The van der Waals surface area contributed by atoms with E-state index in [2.05, 4.69) is 37.2 Å². The number of hydrogen-bond acceptors (Lipinski definition) is 2. The van der Waals surface area contributed by atoms with Crippen molar-refractivity contribution in [2.24, 2.45) is 0 Å². The number of hydrogen-bond donors (Lipinski definition) is 1. The van der Waals surface area contributed by atoms with Crippen molar-refractivity contribution >= 4 is 43.5 Å². The number of anilines is 1. The molecule has 88 valence electrons. The summed E-state index contributed by atoms with van der Waals surface area (Å²) < 4.78 is 6.55. The van der Waals surface area contributed by atoms with Crippen molar-refractivity contribution in [2.45, 2.75) is 6.92 Å². The van der Waals surface area contributed by atoms with E-state index in [0.717, 1.165) is 15.7 Å². The summed E-state index contributed by atoms with van der Waals surface area (Å²) in [5, 5.41) is 2.78. The van der Waals surface area contributed by atoms with Gasteiger partial charge in [0.05, 0.1) is 5.69 Å². The molecule has 0 aliphatic rings. The minimum absolute atomic E-state index is 0.269. The molecule has 0 aliphatic carbocycles. The largest absolute Gasteiger partial charge is 0.444 e. The van der Waals surface area contributed by atoms with E-state index in [0.29, 0.717) is 4.67 Å². The van der Waals surface area contributed by atoms with Crippen LogP contribution in [0.2, 0.25) is 0 Å². The molecule has 0 bridgehead atoms. The fraction of sp³-hybridized carbons (Fsp3) is 0.0833. The molecule has 1 heterocycles. The summed E-state index contributed by atoms with van der Waals surface area (Å²) in [5.41, 5.74) is 1.80. The van der Waals surface area contributed by atoms with Gasteiger partial charge >= 0.3 is 0 Å². The first-order chi connectivity index (χ1) is 8.06. The van der Waals surface area contributed by atoms with E-state index < -0.39 is 0 Å². The van der Waals surface area contributed by atoms with Crippen LogP contribution in [0.15, 0.2) is 43.9 Å². The molecule has 1 amide bonds. The molecule has 3 nitrogen and oxygen atoms in total. The van der Waals surface area contributed by atoms with Gasteiger partial charge in [-0.15, -0.1) is 0 Å². The first-order valence-corrected chi connectivity index (χ1v) is 6.48. The van der Waals surface area contributed by atoms with E-state index in [9.17, 15) is 4.79 Å². The topological polar surface area (TPSA) is 42.2 Å². The fourth-order valence-electron chi connectivity index (χ4n) is 1.36. The molecule has 0 unspecified atom stereocenters. The zero-order valence-electron chi connectivity index (χ0n) is 8.96. The minimum Gasteiger partial charge on any atom is -0.444 e. The predicted octanol–water partition coefficient (Wildman–Crippen LogP) is 4.37. The molecule has 0 aliphatic heterocycles. The van der Waals surface area contributed by atoms with Crippen LogP contribution in [0, 0.1) is 6.92 Å². The molecule has 0 radical (unpaired) electrons. The number of carbonyl (C=O) groups is 1. The Bertz CT molecular complexity index is 563. The molecule has 17 heavy (non-hydrogen) atoms. The van der Waals surface area contributed by atoms with Gasteiger partial charge in [0.1, 0.15) is 0 Å². The fourth-order valence-corrected chi connectivity index (χ4v) is 2.01. The van der Waals surface area contributed by atoms with Crippen LogP contribution >= 0.6 is 31.9 Å². The van der Waals surface area contributed by atoms with Crippen molar-refractivity contribution in [2.75, 3.05) is 5.32 Å². The summed E-state index contributed by atoms with van der Waals surface area (Å²) in [6, 6.07) is 9.04. The van der Waals surface area contributed by atoms with E-state index >= 15 is 0 Å². The summed E-state index contributed by atoms with van der Waals surface area (Å²) in [6.45, 7) is 1.96. The van der Waals surface area contributed by atoms with Crippen LogP contribution in [0.4, 0.5) is 5.69 Å². The van der Waals surface area contributed by atoms with Crippen LogP contribution < -0.4 is 5.32 Å². The van der Waals surface area contributed by atoms with Crippen LogP contribution in [0.1, 0.15) is 16.1 Å². The van der Waals surface area contributed by atoms with E-state index in [1.54, 1.807) is 12.1 Å². The Kier molecular flexibility index (Phi) is 3.69. The second-order valence-corrected chi connectivity index (χ2v) is 5.18. The van der Waals surface area contributed by atoms with Crippen molar-refractivity contribution in [3.8, 4) is 0 Å². The van der Waals surface area contributed by atoms with Crippen molar-refractivity contribution < 1.29 is 9.21 Å². The average molecular weight is 359 g/mol. The molecule has 1 aromatic heterocycles. The maximum absolute atomic E-state index is 11.8. The molecule has 0 fully saturated rings. The molecule has 1 aromatic carbocycles. The second-order valence-electron chi connectivity index (χ2n) is 3.54. The number of nitrogens with one attached hydrogen (secondary N) is 1. The smallest absolute Gasteiger partial charge is 0.291 e. The summed E-state index contributed by atoms with van der Waals surface area (Å²) in [6.07, 6.45) is 0. The summed E-state index contributed by atoms with van der Waals surface area (Å²) in [4.78, 5) is 11.8. The van der Waals surface area contributed by atoms with Gasteiger partial charge in [0.15, 0.2) is 10.4 Å². The first-order valence-electron chi connectivity index (χ1n) is 4.89. The van der Waals surface area contributed by atoms with Crippen LogP contribution in [-0.4, -0.2) is 5.91 Å². The Morgan fingerprint density at radius 2 is 2.00 bits per heavy atom. The highest BCUT2D eigenvalue weighted by molar-refractivity contribution is 9.10. The van der Waals surface area contributed by atoms with Gasteiger partial charge in [-0.2, -0.15) is 0 Å². The van der Waals surface area contributed by atoms with Crippen molar-refractivity contribution in [3.05, 3.63) is 50.8 Å². The minimum atomic E-state index is -0.276. The normalized spacial score (nSPS) is 10.3. The Labute approximate surface area is 115 Å². The van der Waals surface area contributed by atoms with E-state index in [1.807, 2.05) is 25.1 Å². The molecule has 2 aromatic rings. The Morgan fingerprint density at radius 1 is 1.24 bits per heavy atom. The van der Waals surface area contributed by atoms with E-state index in [4.69, 9.17) is 4.42 Å². The number of carbonyl (C=O) groups excluding carboxylic acids is 1. The molecular formula is C12H9Br2NO2. The molecule has 0 spiro atoms. The maximum Gasteiger partial charge on any atom is 0.291 e. The maximum atomic E-state index is 11.8. The Balaban J connectivity index is 2.21. The molecule has 0 saturated carbocycles. The monoisotopic (exact) mass is 357 g/mol. The summed E-state index contributed by atoms with van der Waals surface area (Å²) in [7, 11) is 0. The summed E-state index contributed by atoms with van der Waals surface area (Å²) >= 11 is 6.54. The van der Waals surface area contributed by atoms with Crippen LogP contribution in [0.5, 0.6) is 0 Å². The van der Waals surface area contributed by atoms with Crippen molar-refractivity contribution in [3.63, 3.8) is 0 Å². The highest BCUT2D eigenvalue weighted by atomic mass is 79.9. The van der Waals surface area contributed by atoms with Crippen LogP contribution in [0.25, 0.3) is 0 Å². The van der Waals surface area contributed by atoms with Gasteiger partial charge in [0, 0.05) is 4.47 Å². The molecular weight excluding hydrogens is 350 g/mol. The lowest BCUT2D eigenvalue weighted by molar-refractivity contribution is 0.0995. The number of furan rings is 1. The molecule has 0 atom stereocenters. The number of aryl methyl sites for hydroxylation is 1. The predicted molar refractivity (Wildman–Crippen MR) is 73.2 cm³/mol. The third-order valence-electron chi connectivity index (χ3n) is 2.17. The number of halogens is 2. The first kappa shape index (κ1) is 12.4. The highest BCUT2D eigenvalue weighted by Gasteiger charge is 2.12. The number of benzene rings is 1. The summed E-state index contributed by atoms with van der Waals surface area (Å²) in [5.74, 6) is -0.00715. The number of rotatable bonds is 2. The zero-order valence-corrected chi connectivity index (χ0v) is 12.1. The third kappa shape index (κ3) is 2.98. The Hall–Kier alpha value is -1.07. The van der Waals surface area contributed by atoms with Crippen LogP contribution in [0.3, 0.4) is 0 Å². The van der Waals surface area contributed by atoms with Gasteiger partial charge in [-0.05, 0) is 68.6 Å². The van der Waals surface area contributed by atoms with Gasteiger partial charge in [-0.3, -0.25) is 4.79 Å². The van der Waals surface area contributed by atoms with E-state index in [1.165, 1.54) is 0 Å². The molecule has 5 heteroatoms. The average Bonchev–Trinajstić information content (AvgIpc) is 2.70. The van der Waals surface area contributed by atoms with Gasteiger partial charge in [-0.25, -0.2) is 0 Å². The lowest BCUT2D eigenvalue weighted by Gasteiger charge is -2.06. The van der Waals surface area contributed by atoms with Gasteiger partial charge in [0.25, 0.3) is 5.91 Å². The van der Waals surface area contributed by atoms with Crippen molar-refractivity contribution in [1.29, 1.82) is 0 Å². The van der Waals surface area contributed by atoms with Crippen molar-refractivity contribution in [1.82, 2.24) is 0 Å². The molecule has 2 rings (SSSR count). The lowest BCUT2D eigenvalue weighted by atomic mass is 10.2. The quantitative estimate of drug-likeness (QED) is 0.866. The van der Waals surface area contributed by atoms with Gasteiger partial charge < -0.3 is 9.73 Å². The molecule has 1 N–H and O–H groups in total. The van der Waals surface area contributed by atoms with Gasteiger partial charge in [0.2, 0.25) is 0 Å². The molecule has 0 saturated heterocycles. The standard InChI is InChI=1S/C12H9Br2NO2/c1-7-2-3-8(13)9(6-7)15-12(16)10-4-5-11(14)17-10/h2-6H,1H3,(H,15,16). The van der Waals surface area contributed by atoms with Gasteiger partial charge in [-0.1, -0.05) is 6.07 Å². The second kappa shape index (κ2) is 5.06. The highest BCUT2D eigenvalue weighted by Crippen LogP contribution is 2.24. The third-order valence-corrected chi connectivity index (χ3v) is 3.28. The Morgan fingerprint density at radius 3 is 2.65 bits per heavy atom. The zero-order chi connectivity index (χ0) is 12.4. The van der Waals surface area contributed by atoms with E-state index in [-0.39, 0.29) is 11.7 Å². The van der Waals surface area contributed by atoms with Crippen LogP contribution in [-0.2, 0) is 0 Å². The number of amides is 1. The lowest BCUT2D eigenvalue weighted by Crippen LogP contribution is -2.11.